The van der Waals surface area contributed by atoms with Crippen LogP contribution in [0, 0.1) is 0 Å². The topological polar surface area (TPSA) is 78.3 Å². The van der Waals surface area contributed by atoms with Gasteiger partial charge in [-0.05, 0) is 42.5 Å². The first kappa shape index (κ1) is 21.8. The van der Waals surface area contributed by atoms with Gasteiger partial charge in [0.1, 0.15) is 11.5 Å². The van der Waals surface area contributed by atoms with Crippen LogP contribution in [0.4, 0.5) is 14.5 Å². The number of alkyl halides is 2. The third-order valence-electron chi connectivity index (χ3n) is 3.95. The maximum absolute atomic E-state index is 12.3. The predicted molar refractivity (Wildman–Crippen MR) is 110 cm³/mol. The monoisotopic (exact) mass is 454 g/mol. The van der Waals surface area contributed by atoms with Gasteiger partial charge in [-0.3, -0.25) is 4.79 Å². The molecule has 0 radical (unpaired) electrons. The summed E-state index contributed by atoms with van der Waals surface area (Å²) in [5, 5.41) is 11.5. The Morgan fingerprint density at radius 3 is 2.60 bits per heavy atom. The highest BCUT2D eigenvalue weighted by atomic mass is 35.5. The highest BCUT2D eigenvalue weighted by Gasteiger charge is 2.14. The molecule has 0 aliphatic rings. The Hall–Kier alpha value is -2.85. The fourth-order valence-electron chi connectivity index (χ4n) is 2.53. The Labute approximate surface area is 180 Å². The Morgan fingerprint density at radius 1 is 1.23 bits per heavy atom. The second kappa shape index (κ2) is 9.77. The van der Waals surface area contributed by atoms with Gasteiger partial charge in [0.2, 0.25) is 5.91 Å². The summed E-state index contributed by atoms with van der Waals surface area (Å²) < 4.78 is 35.8. The number of carbonyl (C=O) groups is 1. The van der Waals surface area contributed by atoms with E-state index in [1.165, 1.54) is 30.0 Å². The van der Waals surface area contributed by atoms with Crippen LogP contribution in [0.1, 0.15) is 0 Å². The molecular weight excluding hydrogens is 438 g/mol. The molecule has 3 aromatic rings. The standard InChI is InChI=1S/C19H17ClF2N4O3S/c1-26-17(11-3-6-13(28-2)7-4-11)24-25-19(26)30-10-16(27)23-12-5-8-15(14(20)9-12)29-18(21)22/h3-9,18H,10H2,1-2H3,(H,23,27). The number of nitrogens with zero attached hydrogens (tertiary/aromatic N) is 3. The van der Waals surface area contributed by atoms with Crippen molar-refractivity contribution in [3.8, 4) is 22.9 Å². The van der Waals surface area contributed by atoms with Crippen LogP contribution in [0.3, 0.4) is 0 Å². The van der Waals surface area contributed by atoms with E-state index < -0.39 is 6.61 Å². The largest absolute Gasteiger partial charge is 0.497 e. The molecule has 0 spiro atoms. The minimum Gasteiger partial charge on any atom is -0.497 e. The highest BCUT2D eigenvalue weighted by molar-refractivity contribution is 7.99. The van der Waals surface area contributed by atoms with E-state index >= 15 is 0 Å². The molecule has 1 amide bonds. The van der Waals surface area contributed by atoms with Crippen molar-refractivity contribution in [2.45, 2.75) is 11.8 Å². The van der Waals surface area contributed by atoms with Crippen LogP contribution in [0.2, 0.25) is 5.02 Å². The Morgan fingerprint density at radius 2 is 1.97 bits per heavy atom. The van der Waals surface area contributed by atoms with E-state index in [0.717, 1.165) is 11.3 Å². The lowest BCUT2D eigenvalue weighted by Crippen LogP contribution is -2.14. The maximum Gasteiger partial charge on any atom is 0.387 e. The van der Waals surface area contributed by atoms with Crippen molar-refractivity contribution in [1.82, 2.24) is 14.8 Å². The minimum absolute atomic E-state index is 0.0295. The molecule has 1 N–H and O–H groups in total. The molecule has 0 fully saturated rings. The quantitative estimate of drug-likeness (QED) is 0.506. The molecule has 0 unspecified atom stereocenters. The summed E-state index contributed by atoms with van der Waals surface area (Å²) in [4.78, 5) is 12.2. The van der Waals surface area contributed by atoms with Gasteiger partial charge in [-0.2, -0.15) is 8.78 Å². The lowest BCUT2D eigenvalue weighted by molar-refractivity contribution is -0.113. The summed E-state index contributed by atoms with van der Waals surface area (Å²) >= 11 is 7.10. The number of halogens is 3. The zero-order chi connectivity index (χ0) is 21.7. The highest BCUT2D eigenvalue weighted by Crippen LogP contribution is 2.29. The van der Waals surface area contributed by atoms with E-state index in [-0.39, 0.29) is 22.4 Å². The number of hydrogen-bond acceptors (Lipinski definition) is 6. The number of anilines is 1. The molecule has 1 aromatic heterocycles. The van der Waals surface area contributed by atoms with Crippen LogP contribution in [0.15, 0.2) is 47.6 Å². The lowest BCUT2D eigenvalue weighted by Gasteiger charge is -2.09. The molecule has 0 saturated heterocycles. The molecule has 3 rings (SSSR count). The smallest absolute Gasteiger partial charge is 0.387 e. The first-order valence-corrected chi connectivity index (χ1v) is 9.94. The van der Waals surface area contributed by atoms with Crippen molar-refractivity contribution in [3.05, 3.63) is 47.5 Å². The number of thioether (sulfide) groups is 1. The Balaban J connectivity index is 1.60. The van der Waals surface area contributed by atoms with Crippen molar-refractivity contribution in [2.24, 2.45) is 7.05 Å². The third kappa shape index (κ3) is 5.39. The molecule has 1 heterocycles. The van der Waals surface area contributed by atoms with Gasteiger partial charge < -0.3 is 19.4 Å². The maximum atomic E-state index is 12.3. The van der Waals surface area contributed by atoms with Gasteiger partial charge in [-0.15, -0.1) is 10.2 Å². The van der Waals surface area contributed by atoms with Gasteiger partial charge in [-0.25, -0.2) is 0 Å². The van der Waals surface area contributed by atoms with Crippen LogP contribution < -0.4 is 14.8 Å². The van der Waals surface area contributed by atoms with Crippen molar-refractivity contribution < 1.29 is 23.0 Å². The molecule has 30 heavy (non-hydrogen) atoms. The fraction of sp³-hybridized carbons (Fsp3) is 0.211. The SMILES string of the molecule is COc1ccc(-c2nnc(SCC(=O)Nc3ccc(OC(F)F)c(Cl)c3)n2C)cc1. The number of methoxy groups -OCH3 is 1. The number of hydrogen-bond donors (Lipinski definition) is 1. The summed E-state index contributed by atoms with van der Waals surface area (Å²) in [6.07, 6.45) is 0. The van der Waals surface area contributed by atoms with Gasteiger partial charge in [0, 0.05) is 18.3 Å². The molecule has 7 nitrogen and oxygen atoms in total. The normalized spacial score (nSPS) is 10.9. The number of carbonyl (C=O) groups excluding carboxylic acids is 1. The van der Waals surface area contributed by atoms with Gasteiger partial charge in [0.25, 0.3) is 0 Å². The summed E-state index contributed by atoms with van der Waals surface area (Å²) in [5.41, 5.74) is 1.23. The van der Waals surface area contributed by atoms with Crippen molar-refractivity contribution >= 4 is 35.0 Å². The molecule has 158 valence electrons. The van der Waals surface area contributed by atoms with E-state index in [1.54, 1.807) is 18.7 Å². The van der Waals surface area contributed by atoms with E-state index in [1.807, 2.05) is 24.3 Å². The van der Waals surface area contributed by atoms with E-state index in [0.29, 0.717) is 16.7 Å². The van der Waals surface area contributed by atoms with Crippen molar-refractivity contribution in [1.29, 1.82) is 0 Å². The fourth-order valence-corrected chi connectivity index (χ4v) is 3.47. The number of ether oxygens (including phenoxy) is 2. The second-order valence-corrected chi connectivity index (χ2v) is 7.30. The Bertz CT molecular complexity index is 1030. The number of nitrogens with one attached hydrogen (secondary N) is 1. The zero-order valence-corrected chi connectivity index (χ0v) is 17.5. The number of benzene rings is 2. The molecule has 2 aromatic carbocycles. The van der Waals surface area contributed by atoms with Crippen molar-refractivity contribution in [2.75, 3.05) is 18.2 Å². The summed E-state index contributed by atoms with van der Waals surface area (Å²) in [6.45, 7) is -2.98. The van der Waals surface area contributed by atoms with Crippen LogP contribution in [-0.4, -0.2) is 40.1 Å². The molecule has 11 heteroatoms. The van der Waals surface area contributed by atoms with Gasteiger partial charge in [0.05, 0.1) is 17.9 Å². The molecule has 0 saturated carbocycles. The van der Waals surface area contributed by atoms with Crippen molar-refractivity contribution in [3.63, 3.8) is 0 Å². The molecular formula is C19H17ClF2N4O3S. The molecule has 0 aliphatic heterocycles. The summed E-state index contributed by atoms with van der Waals surface area (Å²) in [6, 6.07) is 11.4. The van der Waals surface area contributed by atoms with Crippen LogP contribution in [0.25, 0.3) is 11.4 Å². The Kier molecular flexibility index (Phi) is 7.11. The summed E-state index contributed by atoms with van der Waals surface area (Å²) in [7, 11) is 3.40. The molecule has 0 aliphatic carbocycles. The average molecular weight is 455 g/mol. The van der Waals surface area contributed by atoms with Gasteiger partial charge in [0.15, 0.2) is 11.0 Å². The van der Waals surface area contributed by atoms with Crippen LogP contribution in [0.5, 0.6) is 11.5 Å². The lowest BCUT2D eigenvalue weighted by atomic mass is 10.2. The predicted octanol–water partition coefficient (Wildman–Crippen LogP) is 4.48. The summed E-state index contributed by atoms with van der Waals surface area (Å²) in [5.74, 6) is 0.987. The van der Waals surface area contributed by atoms with Crippen LogP contribution >= 0.6 is 23.4 Å². The zero-order valence-electron chi connectivity index (χ0n) is 15.9. The number of amides is 1. The molecule has 0 atom stereocenters. The average Bonchev–Trinajstić information content (AvgIpc) is 3.08. The number of aromatic nitrogens is 3. The second-order valence-electron chi connectivity index (χ2n) is 5.95. The number of rotatable bonds is 8. The minimum atomic E-state index is -2.98. The first-order valence-electron chi connectivity index (χ1n) is 8.58. The molecule has 0 bridgehead atoms. The third-order valence-corrected chi connectivity index (χ3v) is 5.26. The first-order chi connectivity index (χ1) is 14.4. The van der Waals surface area contributed by atoms with E-state index in [9.17, 15) is 13.6 Å². The van der Waals surface area contributed by atoms with Gasteiger partial charge >= 0.3 is 6.61 Å². The van der Waals surface area contributed by atoms with Gasteiger partial charge in [-0.1, -0.05) is 23.4 Å². The van der Waals surface area contributed by atoms with E-state index in [4.69, 9.17) is 16.3 Å². The van der Waals surface area contributed by atoms with Crippen LogP contribution in [-0.2, 0) is 11.8 Å². The van der Waals surface area contributed by atoms with E-state index in [2.05, 4.69) is 20.3 Å².